The number of amides is 1. The fraction of sp³-hybridized carbons (Fsp3) is 0.188. The molecule has 7 heteroatoms. The molecular weight excluding hydrogens is 360 g/mol. The second kappa shape index (κ2) is 6.78. The van der Waals surface area contributed by atoms with Gasteiger partial charge in [0.1, 0.15) is 23.9 Å². The number of hydrogen-bond donors (Lipinski definition) is 2. The molecule has 2 aromatic heterocycles. The summed E-state index contributed by atoms with van der Waals surface area (Å²) in [4.78, 5) is 20.6. The molecule has 0 fully saturated rings. The van der Waals surface area contributed by atoms with Crippen LogP contribution in [0, 0.1) is 0 Å². The highest BCUT2D eigenvalue weighted by Crippen LogP contribution is 2.23. The first-order valence-electron chi connectivity index (χ1n) is 7.10. The number of hydrogen-bond acceptors (Lipinski definition) is 5. The van der Waals surface area contributed by atoms with E-state index in [9.17, 15) is 4.79 Å². The number of furan rings is 1. The smallest absolute Gasteiger partial charge is 0.242 e. The van der Waals surface area contributed by atoms with Gasteiger partial charge in [0, 0.05) is 9.86 Å². The van der Waals surface area contributed by atoms with E-state index in [2.05, 4.69) is 36.5 Å². The molecule has 3 rings (SSSR count). The summed E-state index contributed by atoms with van der Waals surface area (Å²) in [6.07, 6.45) is 3.06. The molecular formula is C16H15BrN4O2. The zero-order valence-corrected chi connectivity index (χ0v) is 14.0. The highest BCUT2D eigenvalue weighted by molar-refractivity contribution is 9.10. The molecule has 0 bridgehead atoms. The summed E-state index contributed by atoms with van der Waals surface area (Å²) in [5.41, 5.74) is 0.814. The molecule has 23 heavy (non-hydrogen) atoms. The Bertz CT molecular complexity index is 820. The van der Waals surface area contributed by atoms with Gasteiger partial charge in [0.25, 0.3) is 0 Å². The van der Waals surface area contributed by atoms with E-state index in [1.807, 2.05) is 24.3 Å². The lowest BCUT2D eigenvalue weighted by Gasteiger charge is -2.15. The molecule has 1 amide bonds. The molecule has 2 N–H and O–H groups in total. The van der Waals surface area contributed by atoms with E-state index in [1.165, 1.54) is 6.33 Å². The molecule has 1 atom stereocenters. The lowest BCUT2D eigenvalue weighted by Crippen LogP contribution is -2.37. The molecule has 1 unspecified atom stereocenters. The summed E-state index contributed by atoms with van der Waals surface area (Å²) >= 11 is 3.44. The minimum absolute atomic E-state index is 0.136. The Balaban J connectivity index is 1.71. The van der Waals surface area contributed by atoms with Crippen molar-refractivity contribution >= 4 is 38.6 Å². The molecule has 0 aliphatic rings. The summed E-state index contributed by atoms with van der Waals surface area (Å²) in [7, 11) is 0. The monoisotopic (exact) mass is 374 g/mol. The van der Waals surface area contributed by atoms with Gasteiger partial charge in [-0.25, -0.2) is 9.97 Å². The molecule has 0 spiro atoms. The fourth-order valence-electron chi connectivity index (χ4n) is 2.15. The van der Waals surface area contributed by atoms with E-state index >= 15 is 0 Å². The fourth-order valence-corrected chi connectivity index (χ4v) is 2.52. The maximum atomic E-state index is 12.2. The predicted molar refractivity (Wildman–Crippen MR) is 90.9 cm³/mol. The molecule has 3 aromatic rings. The lowest BCUT2D eigenvalue weighted by molar-refractivity contribution is -0.121. The SMILES string of the molecule is CC(Nc1ncnc2ccc(Br)cc12)C(=O)NCc1ccco1. The van der Waals surface area contributed by atoms with Gasteiger partial charge in [-0.2, -0.15) is 0 Å². The Kier molecular flexibility index (Phi) is 4.57. The van der Waals surface area contributed by atoms with E-state index in [-0.39, 0.29) is 5.91 Å². The number of carbonyl (C=O) groups is 1. The number of aromatic nitrogens is 2. The Morgan fingerprint density at radius 1 is 1.35 bits per heavy atom. The highest BCUT2D eigenvalue weighted by Gasteiger charge is 2.15. The van der Waals surface area contributed by atoms with Crippen LogP contribution in [0.4, 0.5) is 5.82 Å². The predicted octanol–water partition coefficient (Wildman–Crippen LogP) is 3.10. The van der Waals surface area contributed by atoms with Crippen molar-refractivity contribution in [3.8, 4) is 0 Å². The van der Waals surface area contributed by atoms with Crippen LogP contribution >= 0.6 is 15.9 Å². The van der Waals surface area contributed by atoms with E-state index in [0.717, 1.165) is 15.4 Å². The van der Waals surface area contributed by atoms with Gasteiger partial charge >= 0.3 is 0 Å². The van der Waals surface area contributed by atoms with Gasteiger partial charge in [-0.15, -0.1) is 0 Å². The number of nitrogens with one attached hydrogen (secondary N) is 2. The van der Waals surface area contributed by atoms with Gasteiger partial charge in [0.2, 0.25) is 5.91 Å². The van der Waals surface area contributed by atoms with Crippen molar-refractivity contribution in [3.63, 3.8) is 0 Å². The first-order chi connectivity index (χ1) is 11.1. The van der Waals surface area contributed by atoms with Crippen molar-refractivity contribution in [2.24, 2.45) is 0 Å². The minimum Gasteiger partial charge on any atom is -0.467 e. The molecule has 0 aliphatic carbocycles. The second-order valence-corrected chi connectivity index (χ2v) is 5.96. The Hall–Kier alpha value is -2.41. The maximum absolute atomic E-state index is 12.2. The standard InChI is InChI=1S/C16H15BrN4O2/c1-10(16(22)18-8-12-3-2-6-23-12)21-15-13-7-11(17)4-5-14(13)19-9-20-15/h2-7,9-10H,8H2,1H3,(H,18,22)(H,19,20,21). The number of nitrogens with zero attached hydrogens (tertiary/aromatic N) is 2. The average Bonchev–Trinajstić information content (AvgIpc) is 3.06. The van der Waals surface area contributed by atoms with Crippen molar-refractivity contribution in [2.75, 3.05) is 5.32 Å². The van der Waals surface area contributed by atoms with Crippen LogP contribution in [-0.4, -0.2) is 21.9 Å². The molecule has 0 radical (unpaired) electrons. The number of benzene rings is 1. The van der Waals surface area contributed by atoms with Crippen LogP contribution in [0.15, 0.2) is 51.8 Å². The minimum atomic E-state index is -0.443. The molecule has 118 valence electrons. The zero-order valence-electron chi connectivity index (χ0n) is 12.4. The number of fused-ring (bicyclic) bond motifs is 1. The maximum Gasteiger partial charge on any atom is 0.242 e. The van der Waals surface area contributed by atoms with Crippen LogP contribution in [0.5, 0.6) is 0 Å². The topological polar surface area (TPSA) is 80.0 Å². The van der Waals surface area contributed by atoms with E-state index < -0.39 is 6.04 Å². The molecule has 6 nitrogen and oxygen atoms in total. The van der Waals surface area contributed by atoms with E-state index in [1.54, 1.807) is 19.3 Å². The summed E-state index contributed by atoms with van der Waals surface area (Å²) in [6, 6.07) is 8.89. The number of halogens is 1. The van der Waals surface area contributed by atoms with Crippen molar-refractivity contribution in [1.29, 1.82) is 0 Å². The van der Waals surface area contributed by atoms with Crippen molar-refractivity contribution < 1.29 is 9.21 Å². The summed E-state index contributed by atoms with van der Waals surface area (Å²) < 4.78 is 6.12. The van der Waals surface area contributed by atoms with E-state index in [0.29, 0.717) is 18.1 Å². The normalized spacial score (nSPS) is 12.1. The van der Waals surface area contributed by atoms with Crippen LogP contribution in [0.25, 0.3) is 10.9 Å². The lowest BCUT2D eigenvalue weighted by atomic mass is 10.2. The largest absolute Gasteiger partial charge is 0.467 e. The number of carbonyl (C=O) groups excluding carboxylic acids is 1. The third-order valence-electron chi connectivity index (χ3n) is 3.36. The van der Waals surface area contributed by atoms with E-state index in [4.69, 9.17) is 4.42 Å². The van der Waals surface area contributed by atoms with Crippen molar-refractivity contribution in [3.05, 3.63) is 53.2 Å². The van der Waals surface area contributed by atoms with Crippen LogP contribution in [0.2, 0.25) is 0 Å². The molecule has 0 aliphatic heterocycles. The van der Waals surface area contributed by atoms with Crippen LogP contribution < -0.4 is 10.6 Å². The molecule has 2 heterocycles. The van der Waals surface area contributed by atoms with Gasteiger partial charge in [-0.3, -0.25) is 4.79 Å². The van der Waals surface area contributed by atoms with Crippen LogP contribution in [0.3, 0.4) is 0 Å². The van der Waals surface area contributed by atoms with Gasteiger partial charge in [-0.1, -0.05) is 15.9 Å². The Morgan fingerprint density at radius 2 is 2.22 bits per heavy atom. The second-order valence-electron chi connectivity index (χ2n) is 5.05. The average molecular weight is 375 g/mol. The van der Waals surface area contributed by atoms with Crippen LogP contribution in [0.1, 0.15) is 12.7 Å². The molecule has 0 saturated heterocycles. The summed E-state index contributed by atoms with van der Waals surface area (Å²) in [5.74, 6) is 1.20. The third kappa shape index (κ3) is 3.68. The van der Waals surface area contributed by atoms with Crippen molar-refractivity contribution in [1.82, 2.24) is 15.3 Å². The van der Waals surface area contributed by atoms with Gasteiger partial charge < -0.3 is 15.1 Å². The Morgan fingerprint density at radius 3 is 3.00 bits per heavy atom. The highest BCUT2D eigenvalue weighted by atomic mass is 79.9. The third-order valence-corrected chi connectivity index (χ3v) is 3.85. The van der Waals surface area contributed by atoms with Gasteiger partial charge in [0.15, 0.2) is 0 Å². The molecule has 1 aromatic carbocycles. The first kappa shape index (κ1) is 15.5. The number of rotatable bonds is 5. The zero-order chi connectivity index (χ0) is 16.2. The van der Waals surface area contributed by atoms with Gasteiger partial charge in [-0.05, 0) is 37.3 Å². The van der Waals surface area contributed by atoms with Crippen molar-refractivity contribution in [2.45, 2.75) is 19.5 Å². The summed E-state index contributed by atoms with van der Waals surface area (Å²) in [6.45, 7) is 2.14. The Labute approximate surface area is 141 Å². The number of anilines is 1. The summed E-state index contributed by atoms with van der Waals surface area (Å²) in [5, 5.41) is 6.80. The van der Waals surface area contributed by atoms with Gasteiger partial charge in [0.05, 0.1) is 18.3 Å². The quantitative estimate of drug-likeness (QED) is 0.717. The molecule has 0 saturated carbocycles. The van der Waals surface area contributed by atoms with Crippen LogP contribution in [-0.2, 0) is 11.3 Å². The first-order valence-corrected chi connectivity index (χ1v) is 7.89.